The minimum absolute atomic E-state index is 0.112. The van der Waals surface area contributed by atoms with E-state index < -0.39 is 12.1 Å². The molecule has 0 radical (unpaired) electrons. The predicted molar refractivity (Wildman–Crippen MR) is 50.3 cm³/mol. The van der Waals surface area contributed by atoms with Gasteiger partial charge in [0.2, 0.25) is 0 Å². The van der Waals surface area contributed by atoms with E-state index in [1.54, 1.807) is 5.38 Å². The average Bonchev–Trinajstić information content (AvgIpc) is 2.46. The maximum atomic E-state index is 12.4. The molecule has 0 aliphatic heterocycles. The van der Waals surface area contributed by atoms with Crippen molar-refractivity contribution in [3.8, 4) is 0 Å². The number of rotatable bonds is 0. The van der Waals surface area contributed by atoms with Gasteiger partial charge in [0.25, 0.3) is 0 Å². The highest BCUT2D eigenvalue weighted by atomic mass is 32.1. The molecule has 1 heterocycles. The van der Waals surface area contributed by atoms with E-state index in [1.807, 2.05) is 0 Å². The summed E-state index contributed by atoms with van der Waals surface area (Å²) in [4.78, 5) is 0.816. The Labute approximate surface area is 83.7 Å². The summed E-state index contributed by atoms with van der Waals surface area (Å²) in [5.74, 6) is -1.17. The molecule has 0 saturated carbocycles. The summed E-state index contributed by atoms with van der Waals surface area (Å²) in [6, 6.07) is 0. The Hall–Kier alpha value is -0.710. The van der Waals surface area contributed by atoms with Crippen LogP contribution in [0.5, 0.6) is 0 Å². The zero-order valence-electron chi connectivity index (χ0n) is 7.40. The summed E-state index contributed by atoms with van der Waals surface area (Å²) in [6.07, 6.45) is -3.30. The quantitative estimate of drug-likeness (QED) is 0.716. The van der Waals surface area contributed by atoms with Gasteiger partial charge < -0.3 is 5.73 Å². The second-order valence-electron chi connectivity index (χ2n) is 3.57. The summed E-state index contributed by atoms with van der Waals surface area (Å²) < 4.78 is 37.2. The van der Waals surface area contributed by atoms with Gasteiger partial charge in [0.15, 0.2) is 0 Å². The molecule has 0 bridgehead atoms. The molecule has 2 rings (SSSR count). The fourth-order valence-electron chi connectivity index (χ4n) is 1.82. The number of alkyl halides is 3. The SMILES string of the molecule is Nc1csc2c1CCC(C(F)(F)F)C2. The molecule has 78 valence electrons. The van der Waals surface area contributed by atoms with E-state index in [0.717, 1.165) is 10.4 Å². The van der Waals surface area contributed by atoms with Crippen molar-refractivity contribution in [2.24, 2.45) is 5.92 Å². The number of hydrogen-bond donors (Lipinski definition) is 1. The van der Waals surface area contributed by atoms with Crippen molar-refractivity contribution in [1.82, 2.24) is 0 Å². The molecule has 1 aliphatic rings. The zero-order valence-corrected chi connectivity index (χ0v) is 8.21. The Morgan fingerprint density at radius 2 is 2.14 bits per heavy atom. The molecular formula is C9H10F3NS. The van der Waals surface area contributed by atoms with E-state index in [4.69, 9.17) is 5.73 Å². The minimum Gasteiger partial charge on any atom is -0.398 e. The van der Waals surface area contributed by atoms with Gasteiger partial charge in [0, 0.05) is 15.9 Å². The second kappa shape index (κ2) is 3.15. The fourth-order valence-corrected chi connectivity index (χ4v) is 2.89. The van der Waals surface area contributed by atoms with Crippen molar-refractivity contribution in [3.63, 3.8) is 0 Å². The summed E-state index contributed by atoms with van der Waals surface area (Å²) in [5.41, 5.74) is 7.24. The maximum absolute atomic E-state index is 12.4. The van der Waals surface area contributed by atoms with Crippen LogP contribution in [0, 0.1) is 5.92 Å². The molecule has 1 unspecified atom stereocenters. The standard InChI is InChI=1S/C9H10F3NS/c10-9(11,12)5-1-2-6-7(13)4-14-8(6)3-5/h4-5H,1-3,13H2. The smallest absolute Gasteiger partial charge is 0.392 e. The van der Waals surface area contributed by atoms with Gasteiger partial charge in [0.05, 0.1) is 5.92 Å². The van der Waals surface area contributed by atoms with E-state index in [-0.39, 0.29) is 12.8 Å². The Morgan fingerprint density at radius 3 is 2.79 bits per heavy atom. The molecule has 5 heteroatoms. The van der Waals surface area contributed by atoms with Crippen LogP contribution in [0.15, 0.2) is 5.38 Å². The highest BCUT2D eigenvalue weighted by molar-refractivity contribution is 7.10. The summed E-state index contributed by atoms with van der Waals surface area (Å²) >= 11 is 1.35. The van der Waals surface area contributed by atoms with Crippen LogP contribution in [0.3, 0.4) is 0 Å². The predicted octanol–water partition coefficient (Wildman–Crippen LogP) is 3.00. The zero-order chi connectivity index (χ0) is 10.3. The number of halogens is 3. The van der Waals surface area contributed by atoms with Crippen LogP contribution in [0.1, 0.15) is 16.9 Å². The highest BCUT2D eigenvalue weighted by Crippen LogP contribution is 2.40. The molecular weight excluding hydrogens is 211 g/mol. The van der Waals surface area contributed by atoms with Gasteiger partial charge in [-0.15, -0.1) is 11.3 Å². The van der Waals surface area contributed by atoms with Crippen LogP contribution in [0.4, 0.5) is 18.9 Å². The first-order valence-corrected chi connectivity index (χ1v) is 5.28. The third-order valence-corrected chi connectivity index (χ3v) is 3.72. The Morgan fingerprint density at radius 1 is 1.43 bits per heavy atom. The number of nitrogen functional groups attached to an aromatic ring is 1. The topological polar surface area (TPSA) is 26.0 Å². The normalized spacial score (nSPS) is 22.1. The molecule has 14 heavy (non-hydrogen) atoms. The van der Waals surface area contributed by atoms with E-state index >= 15 is 0 Å². The number of thiophene rings is 1. The van der Waals surface area contributed by atoms with Gasteiger partial charge in [-0.1, -0.05) is 0 Å². The van der Waals surface area contributed by atoms with E-state index in [9.17, 15) is 13.2 Å². The first-order valence-electron chi connectivity index (χ1n) is 4.40. The lowest BCUT2D eigenvalue weighted by Gasteiger charge is -2.24. The van der Waals surface area contributed by atoms with Crippen LogP contribution in [0.2, 0.25) is 0 Å². The molecule has 1 nitrogen and oxygen atoms in total. The van der Waals surface area contributed by atoms with Crippen LogP contribution < -0.4 is 5.73 Å². The van der Waals surface area contributed by atoms with Crippen molar-refractivity contribution in [2.75, 3.05) is 5.73 Å². The van der Waals surface area contributed by atoms with Crippen molar-refractivity contribution in [3.05, 3.63) is 15.8 Å². The number of fused-ring (bicyclic) bond motifs is 1. The van der Waals surface area contributed by atoms with Gasteiger partial charge >= 0.3 is 6.18 Å². The van der Waals surface area contributed by atoms with Gasteiger partial charge in [0.1, 0.15) is 0 Å². The lowest BCUT2D eigenvalue weighted by atomic mass is 9.88. The van der Waals surface area contributed by atoms with Gasteiger partial charge in [-0.3, -0.25) is 0 Å². The lowest BCUT2D eigenvalue weighted by Crippen LogP contribution is -2.28. The summed E-state index contributed by atoms with van der Waals surface area (Å²) in [5, 5.41) is 1.74. The second-order valence-corrected chi connectivity index (χ2v) is 4.54. The van der Waals surface area contributed by atoms with Crippen LogP contribution in [-0.4, -0.2) is 6.18 Å². The van der Waals surface area contributed by atoms with E-state index in [0.29, 0.717) is 12.1 Å². The minimum atomic E-state index is -4.06. The number of nitrogens with two attached hydrogens (primary N) is 1. The first-order chi connectivity index (χ1) is 6.48. The number of anilines is 1. The van der Waals surface area contributed by atoms with Gasteiger partial charge in [-0.05, 0) is 24.8 Å². The summed E-state index contributed by atoms with van der Waals surface area (Å²) in [6.45, 7) is 0. The molecule has 1 aromatic rings. The lowest BCUT2D eigenvalue weighted by molar-refractivity contribution is -0.176. The molecule has 0 aromatic carbocycles. The van der Waals surface area contributed by atoms with Crippen molar-refractivity contribution >= 4 is 17.0 Å². The van der Waals surface area contributed by atoms with Gasteiger partial charge in [-0.2, -0.15) is 13.2 Å². The molecule has 0 spiro atoms. The average molecular weight is 221 g/mol. The van der Waals surface area contributed by atoms with Crippen molar-refractivity contribution in [2.45, 2.75) is 25.4 Å². The fraction of sp³-hybridized carbons (Fsp3) is 0.556. The number of hydrogen-bond acceptors (Lipinski definition) is 2. The third-order valence-electron chi connectivity index (χ3n) is 2.65. The maximum Gasteiger partial charge on any atom is 0.392 e. The van der Waals surface area contributed by atoms with Crippen LogP contribution in [-0.2, 0) is 12.8 Å². The Balaban J connectivity index is 2.22. The monoisotopic (exact) mass is 221 g/mol. The molecule has 0 fully saturated rings. The van der Waals surface area contributed by atoms with E-state index in [2.05, 4.69) is 0 Å². The summed E-state index contributed by atoms with van der Waals surface area (Å²) in [7, 11) is 0. The molecule has 1 aliphatic carbocycles. The highest BCUT2D eigenvalue weighted by Gasteiger charge is 2.41. The molecule has 2 N–H and O–H groups in total. The largest absolute Gasteiger partial charge is 0.398 e. The molecule has 1 atom stereocenters. The first kappa shape index (κ1) is 9.83. The van der Waals surface area contributed by atoms with Gasteiger partial charge in [-0.25, -0.2) is 0 Å². The molecule has 0 saturated heterocycles. The van der Waals surface area contributed by atoms with Crippen molar-refractivity contribution in [1.29, 1.82) is 0 Å². The Kier molecular flexibility index (Phi) is 2.21. The van der Waals surface area contributed by atoms with Crippen molar-refractivity contribution < 1.29 is 13.2 Å². The van der Waals surface area contributed by atoms with Crippen LogP contribution >= 0.6 is 11.3 Å². The van der Waals surface area contributed by atoms with E-state index in [1.165, 1.54) is 11.3 Å². The molecule has 0 amide bonds. The molecule has 1 aromatic heterocycles. The Bertz CT molecular complexity index is 342. The van der Waals surface area contributed by atoms with Crippen LogP contribution in [0.25, 0.3) is 0 Å². The third kappa shape index (κ3) is 1.61.